The number of aliphatic carboxylic acids is 2. The minimum Gasteiger partial charge on any atom is -0.479 e. The molecule has 2 atom stereocenters. The quantitative estimate of drug-likeness (QED) is 0.263. The molecule has 102 valence electrons. The first-order chi connectivity index (χ1) is 8.25. The van der Waals surface area contributed by atoms with Gasteiger partial charge in [-0.2, -0.15) is 0 Å². The van der Waals surface area contributed by atoms with E-state index in [0.717, 1.165) is 0 Å². The van der Waals surface area contributed by atoms with Crippen molar-refractivity contribution in [3.63, 3.8) is 0 Å². The van der Waals surface area contributed by atoms with Crippen LogP contribution in [0.2, 0.25) is 0 Å². The van der Waals surface area contributed by atoms with Gasteiger partial charge >= 0.3 is 24.0 Å². The summed E-state index contributed by atoms with van der Waals surface area (Å²) in [7, 11) is 0. The zero-order chi connectivity index (χ0) is 14.3. The van der Waals surface area contributed by atoms with E-state index in [9.17, 15) is 19.2 Å². The fraction of sp³-hybridized carbons (Fsp3) is 0.333. The molecule has 0 spiro atoms. The normalized spacial score (nSPS) is 13.1. The SMILES string of the molecule is NC(=O)NOC(C(=O)O)C(ONC(N)=O)C(=O)O. The first-order valence-corrected chi connectivity index (χ1v) is 4.13. The maximum Gasteiger partial charge on any atom is 0.339 e. The number of carbonyl (C=O) groups excluding carboxylic acids is 2. The molecule has 2 unspecified atom stereocenters. The van der Waals surface area contributed by atoms with Crippen molar-refractivity contribution in [2.24, 2.45) is 11.5 Å². The van der Waals surface area contributed by atoms with Gasteiger partial charge in [0.1, 0.15) is 0 Å². The molecular formula is C6H10N4O8. The number of carbonyl (C=O) groups is 4. The highest BCUT2D eigenvalue weighted by molar-refractivity contribution is 5.84. The lowest BCUT2D eigenvalue weighted by molar-refractivity contribution is -0.186. The molecule has 0 aliphatic heterocycles. The molecule has 0 saturated carbocycles. The molecule has 0 aromatic heterocycles. The van der Waals surface area contributed by atoms with E-state index in [1.807, 2.05) is 0 Å². The first-order valence-electron chi connectivity index (χ1n) is 4.13. The maximum absolute atomic E-state index is 10.7. The number of hydrogen-bond donors (Lipinski definition) is 6. The molecule has 0 radical (unpaired) electrons. The Morgan fingerprint density at radius 2 is 1.11 bits per heavy atom. The van der Waals surface area contributed by atoms with Gasteiger partial charge < -0.3 is 21.7 Å². The van der Waals surface area contributed by atoms with Crippen LogP contribution >= 0.6 is 0 Å². The fourth-order valence-corrected chi connectivity index (χ4v) is 0.727. The molecule has 0 rings (SSSR count). The highest BCUT2D eigenvalue weighted by Gasteiger charge is 2.38. The molecule has 0 aliphatic carbocycles. The summed E-state index contributed by atoms with van der Waals surface area (Å²) in [6.07, 6.45) is -4.33. The molecule has 12 nitrogen and oxygen atoms in total. The predicted molar refractivity (Wildman–Crippen MR) is 50.5 cm³/mol. The van der Waals surface area contributed by atoms with E-state index in [-0.39, 0.29) is 0 Å². The van der Waals surface area contributed by atoms with Crippen molar-refractivity contribution >= 4 is 24.0 Å². The summed E-state index contributed by atoms with van der Waals surface area (Å²) in [6, 6.07) is -2.51. The molecular weight excluding hydrogens is 256 g/mol. The zero-order valence-electron chi connectivity index (χ0n) is 8.65. The Morgan fingerprint density at radius 3 is 1.28 bits per heavy atom. The minimum absolute atomic E-state index is 1.26. The lowest BCUT2D eigenvalue weighted by atomic mass is 10.2. The summed E-state index contributed by atoms with van der Waals surface area (Å²) in [5, 5.41) is 17.3. The molecule has 18 heavy (non-hydrogen) atoms. The molecule has 4 amide bonds. The average molecular weight is 266 g/mol. The maximum atomic E-state index is 10.7. The summed E-state index contributed by atoms with van der Waals surface area (Å²) in [4.78, 5) is 50.4. The number of rotatable bonds is 7. The number of nitrogens with one attached hydrogen (secondary N) is 2. The van der Waals surface area contributed by atoms with Crippen molar-refractivity contribution < 1.29 is 39.1 Å². The molecule has 0 saturated heterocycles. The van der Waals surface area contributed by atoms with Gasteiger partial charge in [-0.05, 0) is 0 Å². The van der Waals surface area contributed by atoms with Crippen LogP contribution < -0.4 is 22.4 Å². The summed E-state index contributed by atoms with van der Waals surface area (Å²) >= 11 is 0. The number of primary amides is 2. The number of hydroxylamine groups is 2. The fourth-order valence-electron chi connectivity index (χ4n) is 0.727. The average Bonchev–Trinajstić information content (AvgIpc) is 2.20. The molecule has 12 heteroatoms. The first kappa shape index (κ1) is 15.4. The van der Waals surface area contributed by atoms with Crippen molar-refractivity contribution in [1.82, 2.24) is 11.0 Å². The number of urea groups is 2. The van der Waals surface area contributed by atoms with Crippen molar-refractivity contribution in [3.05, 3.63) is 0 Å². The molecule has 0 bridgehead atoms. The topological polar surface area (TPSA) is 203 Å². The Hall–Kier alpha value is -2.60. The smallest absolute Gasteiger partial charge is 0.339 e. The number of carboxylic acid groups (broad SMARTS) is 2. The summed E-state index contributed by atoms with van der Waals surface area (Å²) in [6.45, 7) is 0. The molecule has 0 heterocycles. The van der Waals surface area contributed by atoms with Crippen LogP contribution in [0.5, 0.6) is 0 Å². The standard InChI is InChI=1S/C6H10N4O8/c7-5(15)9-17-1(3(11)12)2(4(13)14)18-10-6(8)16/h1-2H,(H,11,12)(H,13,14)(H3,7,9,15)(H3,8,10,16). The Balaban J connectivity index is 4.76. The number of carboxylic acids is 2. The van der Waals surface area contributed by atoms with Crippen LogP contribution in [0.15, 0.2) is 0 Å². The summed E-state index contributed by atoms with van der Waals surface area (Å²) in [5.41, 5.74) is 12.0. The molecule has 0 aliphatic rings. The van der Waals surface area contributed by atoms with Crippen LogP contribution in [0.1, 0.15) is 0 Å². The van der Waals surface area contributed by atoms with Crippen LogP contribution in [0.25, 0.3) is 0 Å². The lowest BCUT2D eigenvalue weighted by Gasteiger charge is -2.19. The van der Waals surface area contributed by atoms with E-state index in [0.29, 0.717) is 0 Å². The van der Waals surface area contributed by atoms with Crippen LogP contribution in [0.3, 0.4) is 0 Å². The van der Waals surface area contributed by atoms with Crippen LogP contribution in [0.4, 0.5) is 9.59 Å². The number of hydrogen-bond acceptors (Lipinski definition) is 6. The van der Waals surface area contributed by atoms with Crippen molar-refractivity contribution in [2.45, 2.75) is 12.2 Å². The predicted octanol–water partition coefficient (Wildman–Crippen LogP) is -2.91. The third-order valence-corrected chi connectivity index (χ3v) is 1.33. The van der Waals surface area contributed by atoms with Gasteiger partial charge in [-0.1, -0.05) is 0 Å². The monoisotopic (exact) mass is 266 g/mol. The Bertz CT molecular complexity index is 323. The van der Waals surface area contributed by atoms with Crippen molar-refractivity contribution in [3.8, 4) is 0 Å². The van der Waals surface area contributed by atoms with Crippen LogP contribution in [0, 0.1) is 0 Å². The minimum atomic E-state index is -2.16. The number of nitrogens with two attached hydrogens (primary N) is 2. The van der Waals surface area contributed by atoms with Gasteiger partial charge in [0, 0.05) is 0 Å². The second kappa shape index (κ2) is 6.87. The van der Waals surface area contributed by atoms with Crippen LogP contribution in [-0.2, 0) is 19.3 Å². The molecule has 0 fully saturated rings. The van der Waals surface area contributed by atoms with Gasteiger partial charge in [-0.25, -0.2) is 30.1 Å². The Morgan fingerprint density at radius 1 is 0.833 bits per heavy atom. The van der Waals surface area contributed by atoms with E-state index in [4.69, 9.17) is 10.2 Å². The van der Waals surface area contributed by atoms with Crippen molar-refractivity contribution in [2.75, 3.05) is 0 Å². The highest BCUT2D eigenvalue weighted by atomic mass is 16.7. The lowest BCUT2D eigenvalue weighted by Crippen LogP contribution is -2.51. The molecule has 8 N–H and O–H groups in total. The summed E-state index contributed by atoms with van der Waals surface area (Å²) < 4.78 is 0. The molecule has 0 aromatic carbocycles. The van der Waals surface area contributed by atoms with Crippen molar-refractivity contribution in [1.29, 1.82) is 0 Å². The second-order valence-electron chi connectivity index (χ2n) is 2.69. The van der Waals surface area contributed by atoms with E-state index >= 15 is 0 Å². The highest BCUT2D eigenvalue weighted by Crippen LogP contribution is 2.03. The Kier molecular flexibility index (Phi) is 5.88. The zero-order valence-corrected chi connectivity index (χ0v) is 8.65. The summed E-state index contributed by atoms with van der Waals surface area (Å²) in [5.74, 6) is -3.58. The Labute approximate surface area is 98.7 Å². The van der Waals surface area contributed by atoms with Gasteiger partial charge in [0.25, 0.3) is 0 Å². The van der Waals surface area contributed by atoms with E-state index in [1.54, 1.807) is 0 Å². The van der Waals surface area contributed by atoms with E-state index in [1.165, 1.54) is 11.0 Å². The molecule has 0 aromatic rings. The van der Waals surface area contributed by atoms with Gasteiger partial charge in [0.05, 0.1) is 0 Å². The van der Waals surface area contributed by atoms with Crippen LogP contribution in [-0.4, -0.2) is 46.4 Å². The van der Waals surface area contributed by atoms with Gasteiger partial charge in [0.15, 0.2) is 0 Å². The van der Waals surface area contributed by atoms with E-state index in [2.05, 4.69) is 21.1 Å². The second-order valence-corrected chi connectivity index (χ2v) is 2.69. The number of amides is 4. The third-order valence-electron chi connectivity index (χ3n) is 1.33. The van der Waals surface area contributed by atoms with Gasteiger partial charge in [0.2, 0.25) is 12.2 Å². The third kappa shape index (κ3) is 5.47. The van der Waals surface area contributed by atoms with E-state index < -0.39 is 36.2 Å². The van der Waals surface area contributed by atoms with Gasteiger partial charge in [-0.3, -0.25) is 9.68 Å². The largest absolute Gasteiger partial charge is 0.479 e. The van der Waals surface area contributed by atoms with Gasteiger partial charge in [-0.15, -0.1) is 0 Å².